The molecule has 0 aromatic carbocycles. The summed E-state index contributed by atoms with van der Waals surface area (Å²) in [6.45, 7) is 2.13. The molecule has 0 bridgehead atoms. The average molecular weight is 232 g/mol. The highest BCUT2D eigenvalue weighted by Crippen LogP contribution is 2.28. The Balaban J connectivity index is 1.88. The lowest BCUT2D eigenvalue weighted by Gasteiger charge is -2.25. The van der Waals surface area contributed by atoms with E-state index in [4.69, 9.17) is 10.7 Å². The highest BCUT2D eigenvalue weighted by atomic mass is 15.0. The third-order valence-corrected chi connectivity index (χ3v) is 3.89. The molecule has 1 fully saturated rings. The van der Waals surface area contributed by atoms with E-state index in [2.05, 4.69) is 10.3 Å². The Morgan fingerprint density at radius 1 is 1.29 bits per heavy atom. The first-order valence-corrected chi connectivity index (χ1v) is 6.66. The second kappa shape index (κ2) is 4.70. The summed E-state index contributed by atoms with van der Waals surface area (Å²) >= 11 is 0. The van der Waals surface area contributed by atoms with Gasteiger partial charge in [0.05, 0.1) is 5.69 Å². The fourth-order valence-electron chi connectivity index (χ4n) is 2.87. The Kier molecular flexibility index (Phi) is 3.07. The van der Waals surface area contributed by atoms with E-state index in [0.717, 1.165) is 37.4 Å². The van der Waals surface area contributed by atoms with Crippen LogP contribution < -0.4 is 11.1 Å². The van der Waals surface area contributed by atoms with E-state index in [1.165, 1.54) is 24.8 Å². The molecule has 0 amide bonds. The summed E-state index contributed by atoms with van der Waals surface area (Å²) in [6.07, 6.45) is 7.74. The van der Waals surface area contributed by atoms with E-state index in [-0.39, 0.29) is 6.04 Å². The minimum Gasteiger partial charge on any atom is -0.323 e. The molecule has 17 heavy (non-hydrogen) atoms. The summed E-state index contributed by atoms with van der Waals surface area (Å²) in [4.78, 5) is 9.29. The zero-order valence-corrected chi connectivity index (χ0v) is 10.2. The van der Waals surface area contributed by atoms with Gasteiger partial charge in [-0.05, 0) is 44.2 Å². The number of fused-ring (bicyclic) bond motifs is 1. The second-order valence-corrected chi connectivity index (χ2v) is 5.18. The van der Waals surface area contributed by atoms with E-state index in [1.54, 1.807) is 0 Å². The number of nitrogens with two attached hydrogens (primary N) is 1. The lowest BCUT2D eigenvalue weighted by atomic mass is 9.92. The van der Waals surface area contributed by atoms with Crippen LogP contribution in [0.25, 0.3) is 0 Å². The lowest BCUT2D eigenvalue weighted by Crippen LogP contribution is -2.30. The Bertz CT molecular complexity index is 398. The predicted molar refractivity (Wildman–Crippen MR) is 66.7 cm³/mol. The first kappa shape index (κ1) is 11.1. The molecule has 92 valence electrons. The van der Waals surface area contributed by atoms with Crippen molar-refractivity contribution >= 4 is 0 Å². The van der Waals surface area contributed by atoms with Gasteiger partial charge in [-0.15, -0.1) is 0 Å². The molecular formula is C13H20N4. The molecule has 3 N–H and O–H groups in total. The summed E-state index contributed by atoms with van der Waals surface area (Å²) in [7, 11) is 0. The lowest BCUT2D eigenvalue weighted by molar-refractivity contribution is 0.441. The standard InChI is InChI=1S/C13H20N4/c14-11-5-1-3-9-8-16-13(17-12(9)11)10-4-2-6-15-7-10/h8,10-11,15H,1-7,14H2. The Hall–Kier alpha value is -1.00. The SMILES string of the molecule is NC1CCCc2cnc(C3CCCNC3)nc21. The Morgan fingerprint density at radius 2 is 2.24 bits per heavy atom. The molecule has 1 aromatic rings. The van der Waals surface area contributed by atoms with E-state index < -0.39 is 0 Å². The largest absolute Gasteiger partial charge is 0.323 e. The van der Waals surface area contributed by atoms with Gasteiger partial charge in [0.1, 0.15) is 5.82 Å². The molecule has 1 saturated heterocycles. The van der Waals surface area contributed by atoms with Gasteiger partial charge in [-0.25, -0.2) is 9.97 Å². The van der Waals surface area contributed by atoms with Crippen LogP contribution in [0.2, 0.25) is 0 Å². The third kappa shape index (κ3) is 2.19. The maximum Gasteiger partial charge on any atom is 0.132 e. The molecule has 2 atom stereocenters. The summed E-state index contributed by atoms with van der Waals surface area (Å²) in [6, 6.07) is 0.122. The van der Waals surface area contributed by atoms with Gasteiger partial charge in [0.2, 0.25) is 0 Å². The van der Waals surface area contributed by atoms with Crippen LogP contribution in [0.4, 0.5) is 0 Å². The van der Waals surface area contributed by atoms with Crippen LogP contribution in [0.3, 0.4) is 0 Å². The van der Waals surface area contributed by atoms with Crippen LogP contribution in [0.15, 0.2) is 6.20 Å². The van der Waals surface area contributed by atoms with Crippen LogP contribution in [-0.4, -0.2) is 23.1 Å². The molecule has 0 spiro atoms. The third-order valence-electron chi connectivity index (χ3n) is 3.89. The summed E-state index contributed by atoms with van der Waals surface area (Å²) < 4.78 is 0. The topological polar surface area (TPSA) is 63.8 Å². The van der Waals surface area contributed by atoms with Crippen molar-refractivity contribution in [3.05, 3.63) is 23.3 Å². The van der Waals surface area contributed by atoms with Crippen LogP contribution >= 0.6 is 0 Å². The maximum atomic E-state index is 6.14. The van der Waals surface area contributed by atoms with Crippen molar-refractivity contribution in [3.8, 4) is 0 Å². The van der Waals surface area contributed by atoms with Crippen molar-refractivity contribution in [2.45, 2.75) is 44.1 Å². The maximum absolute atomic E-state index is 6.14. The number of hydrogen-bond acceptors (Lipinski definition) is 4. The van der Waals surface area contributed by atoms with Gasteiger partial charge in [-0.2, -0.15) is 0 Å². The number of nitrogens with zero attached hydrogens (tertiary/aromatic N) is 2. The molecular weight excluding hydrogens is 212 g/mol. The Labute approximate surface area is 102 Å². The van der Waals surface area contributed by atoms with Crippen molar-refractivity contribution in [1.29, 1.82) is 0 Å². The zero-order chi connectivity index (χ0) is 11.7. The molecule has 0 radical (unpaired) electrons. The number of nitrogens with one attached hydrogen (secondary N) is 1. The summed E-state index contributed by atoms with van der Waals surface area (Å²) in [5.41, 5.74) is 8.50. The van der Waals surface area contributed by atoms with Gasteiger partial charge in [-0.3, -0.25) is 0 Å². The highest BCUT2D eigenvalue weighted by Gasteiger charge is 2.23. The van der Waals surface area contributed by atoms with Crippen LogP contribution in [0.1, 0.15) is 54.7 Å². The molecule has 4 heteroatoms. The van der Waals surface area contributed by atoms with Gasteiger partial charge in [0.15, 0.2) is 0 Å². The van der Waals surface area contributed by atoms with E-state index >= 15 is 0 Å². The Morgan fingerprint density at radius 3 is 3.06 bits per heavy atom. The van der Waals surface area contributed by atoms with E-state index in [9.17, 15) is 0 Å². The van der Waals surface area contributed by atoms with Gasteiger partial charge in [0.25, 0.3) is 0 Å². The molecule has 3 rings (SSSR count). The van der Waals surface area contributed by atoms with Crippen molar-refractivity contribution < 1.29 is 0 Å². The minimum atomic E-state index is 0.122. The fourth-order valence-corrected chi connectivity index (χ4v) is 2.87. The number of rotatable bonds is 1. The monoisotopic (exact) mass is 232 g/mol. The molecule has 2 unspecified atom stereocenters. The smallest absolute Gasteiger partial charge is 0.132 e. The second-order valence-electron chi connectivity index (χ2n) is 5.18. The molecule has 1 aromatic heterocycles. The zero-order valence-electron chi connectivity index (χ0n) is 10.2. The van der Waals surface area contributed by atoms with Crippen molar-refractivity contribution in [3.63, 3.8) is 0 Å². The van der Waals surface area contributed by atoms with Crippen molar-refractivity contribution in [2.24, 2.45) is 5.73 Å². The van der Waals surface area contributed by atoms with Crippen LogP contribution in [0.5, 0.6) is 0 Å². The number of aromatic nitrogens is 2. The minimum absolute atomic E-state index is 0.122. The predicted octanol–water partition coefficient (Wildman–Crippen LogP) is 1.28. The first-order chi connectivity index (χ1) is 8.34. The van der Waals surface area contributed by atoms with Gasteiger partial charge in [0, 0.05) is 24.7 Å². The molecule has 1 aliphatic carbocycles. The normalized spacial score (nSPS) is 28.8. The summed E-state index contributed by atoms with van der Waals surface area (Å²) in [5, 5.41) is 3.41. The van der Waals surface area contributed by atoms with Crippen molar-refractivity contribution in [2.75, 3.05) is 13.1 Å². The highest BCUT2D eigenvalue weighted by molar-refractivity contribution is 5.24. The number of aryl methyl sites for hydroxylation is 1. The molecule has 2 aliphatic rings. The van der Waals surface area contributed by atoms with Crippen LogP contribution in [0, 0.1) is 0 Å². The number of piperidine rings is 1. The van der Waals surface area contributed by atoms with Crippen LogP contribution in [-0.2, 0) is 6.42 Å². The molecule has 4 nitrogen and oxygen atoms in total. The molecule has 1 aliphatic heterocycles. The van der Waals surface area contributed by atoms with Gasteiger partial charge >= 0.3 is 0 Å². The quantitative estimate of drug-likeness (QED) is 0.765. The van der Waals surface area contributed by atoms with E-state index in [1.807, 2.05) is 6.20 Å². The summed E-state index contributed by atoms with van der Waals surface area (Å²) in [5.74, 6) is 1.47. The van der Waals surface area contributed by atoms with Gasteiger partial charge < -0.3 is 11.1 Å². The fraction of sp³-hybridized carbons (Fsp3) is 0.692. The molecule has 0 saturated carbocycles. The van der Waals surface area contributed by atoms with E-state index in [0.29, 0.717) is 5.92 Å². The van der Waals surface area contributed by atoms with Gasteiger partial charge in [-0.1, -0.05) is 0 Å². The first-order valence-electron chi connectivity index (χ1n) is 6.66. The van der Waals surface area contributed by atoms with Crippen molar-refractivity contribution in [1.82, 2.24) is 15.3 Å². The average Bonchev–Trinajstić information content (AvgIpc) is 2.40. The number of hydrogen-bond donors (Lipinski definition) is 2. The molecule has 2 heterocycles.